The number of benzene rings is 2. The van der Waals surface area contributed by atoms with Crippen molar-refractivity contribution in [2.24, 2.45) is 0 Å². The molecule has 0 aliphatic carbocycles. The number of aryl methyl sites for hydroxylation is 1. The maximum Gasteiger partial charge on any atom is 0.189 e. The first-order valence-corrected chi connectivity index (χ1v) is 9.84. The predicted octanol–water partition coefficient (Wildman–Crippen LogP) is 3.77. The number of likely N-dealkylation sites (N-methyl/N-ethyl adjacent to an activating group) is 2. The number of para-hydroxylation sites is 1. The Morgan fingerprint density at radius 1 is 0.897 bits per heavy atom. The molecule has 0 aliphatic rings. The van der Waals surface area contributed by atoms with E-state index in [4.69, 9.17) is 9.47 Å². The van der Waals surface area contributed by atoms with E-state index in [-0.39, 0.29) is 5.78 Å². The Hall–Kier alpha value is -2.63. The number of ether oxygens (including phenoxy) is 2. The smallest absolute Gasteiger partial charge is 0.189 e. The number of hydrogen-bond acceptors (Lipinski definition) is 5. The standard InChI is InChI=1S/C24H32N2O3/c1-19-10-13-24(29-17-15-26(4)5)21(18-19)22(27)12-11-20-8-6-7-9-23(20)28-16-14-25(2)3/h6-13,18H,14-17H2,1-5H3. The topological polar surface area (TPSA) is 42.0 Å². The summed E-state index contributed by atoms with van der Waals surface area (Å²) in [5.74, 6) is 1.30. The van der Waals surface area contributed by atoms with Gasteiger partial charge in [-0.1, -0.05) is 29.8 Å². The fraction of sp³-hybridized carbons (Fsp3) is 0.375. The van der Waals surface area contributed by atoms with Gasteiger partial charge in [-0.2, -0.15) is 0 Å². The fourth-order valence-electron chi connectivity index (χ4n) is 2.64. The van der Waals surface area contributed by atoms with Gasteiger partial charge in [-0.15, -0.1) is 0 Å². The van der Waals surface area contributed by atoms with Gasteiger partial charge < -0.3 is 19.3 Å². The van der Waals surface area contributed by atoms with Gasteiger partial charge in [-0.05, 0) is 65.5 Å². The summed E-state index contributed by atoms with van der Waals surface area (Å²) < 4.78 is 11.7. The maximum atomic E-state index is 12.9. The van der Waals surface area contributed by atoms with Crippen molar-refractivity contribution < 1.29 is 14.3 Å². The molecular weight excluding hydrogens is 364 g/mol. The highest BCUT2D eigenvalue weighted by Crippen LogP contribution is 2.23. The summed E-state index contributed by atoms with van der Waals surface area (Å²) in [5.41, 5.74) is 2.47. The van der Waals surface area contributed by atoms with Crippen LogP contribution in [0.2, 0.25) is 0 Å². The van der Waals surface area contributed by atoms with E-state index in [1.807, 2.05) is 82.5 Å². The molecule has 0 fully saturated rings. The second kappa shape index (κ2) is 11.4. The van der Waals surface area contributed by atoms with Crippen LogP contribution in [-0.2, 0) is 0 Å². The summed E-state index contributed by atoms with van der Waals surface area (Å²) in [4.78, 5) is 17.0. The molecule has 0 unspecified atom stereocenters. The van der Waals surface area contributed by atoms with Crippen LogP contribution in [-0.4, -0.2) is 70.1 Å². The van der Waals surface area contributed by atoms with Gasteiger partial charge in [0.2, 0.25) is 0 Å². The summed E-state index contributed by atoms with van der Waals surface area (Å²) in [6.45, 7) is 4.71. The van der Waals surface area contributed by atoms with E-state index >= 15 is 0 Å². The minimum atomic E-state index is -0.0864. The maximum absolute atomic E-state index is 12.9. The van der Waals surface area contributed by atoms with Crippen molar-refractivity contribution in [3.63, 3.8) is 0 Å². The Labute approximate surface area is 174 Å². The number of carbonyl (C=O) groups is 1. The van der Waals surface area contributed by atoms with E-state index in [2.05, 4.69) is 4.90 Å². The van der Waals surface area contributed by atoms with Crippen LogP contribution in [0.25, 0.3) is 6.08 Å². The molecule has 2 rings (SSSR count). The predicted molar refractivity (Wildman–Crippen MR) is 119 cm³/mol. The third kappa shape index (κ3) is 7.72. The van der Waals surface area contributed by atoms with Crippen molar-refractivity contribution >= 4 is 11.9 Å². The minimum absolute atomic E-state index is 0.0864. The lowest BCUT2D eigenvalue weighted by Crippen LogP contribution is -2.20. The van der Waals surface area contributed by atoms with Crippen LogP contribution in [0.3, 0.4) is 0 Å². The van der Waals surface area contributed by atoms with Crippen LogP contribution in [0.5, 0.6) is 11.5 Å². The Bertz CT molecular complexity index is 829. The van der Waals surface area contributed by atoms with E-state index in [9.17, 15) is 4.79 Å². The fourth-order valence-corrected chi connectivity index (χ4v) is 2.64. The minimum Gasteiger partial charge on any atom is -0.492 e. The van der Waals surface area contributed by atoms with Crippen molar-refractivity contribution in [2.75, 3.05) is 54.5 Å². The molecule has 5 nitrogen and oxygen atoms in total. The van der Waals surface area contributed by atoms with Crippen LogP contribution < -0.4 is 9.47 Å². The third-order valence-corrected chi connectivity index (χ3v) is 4.33. The van der Waals surface area contributed by atoms with Gasteiger partial charge in [0.1, 0.15) is 24.7 Å². The number of hydrogen-bond donors (Lipinski definition) is 0. The number of carbonyl (C=O) groups excluding carboxylic acids is 1. The molecule has 0 amide bonds. The second-order valence-electron chi connectivity index (χ2n) is 7.54. The van der Waals surface area contributed by atoms with Crippen LogP contribution in [0.15, 0.2) is 48.5 Å². The SMILES string of the molecule is Cc1ccc(OCCN(C)C)c(C(=O)C=Cc2ccccc2OCCN(C)C)c1. The van der Waals surface area contributed by atoms with Crippen molar-refractivity contribution in [1.82, 2.24) is 9.80 Å². The second-order valence-corrected chi connectivity index (χ2v) is 7.54. The Balaban J connectivity index is 2.14. The Morgan fingerprint density at radius 2 is 1.52 bits per heavy atom. The molecule has 2 aromatic rings. The molecular formula is C24H32N2O3. The largest absolute Gasteiger partial charge is 0.492 e. The van der Waals surface area contributed by atoms with Crippen LogP contribution in [0, 0.1) is 6.92 Å². The first-order chi connectivity index (χ1) is 13.9. The molecule has 5 heteroatoms. The Kier molecular flexibility index (Phi) is 8.90. The molecule has 0 aliphatic heterocycles. The van der Waals surface area contributed by atoms with Gasteiger partial charge in [0.15, 0.2) is 5.78 Å². The zero-order valence-electron chi connectivity index (χ0n) is 18.1. The molecule has 0 aromatic heterocycles. The molecule has 0 spiro atoms. The molecule has 0 atom stereocenters. The highest BCUT2D eigenvalue weighted by Gasteiger charge is 2.11. The number of rotatable bonds is 11. The number of allylic oxidation sites excluding steroid dienone is 1. The van der Waals surface area contributed by atoms with Crippen molar-refractivity contribution in [3.05, 3.63) is 65.2 Å². The first-order valence-electron chi connectivity index (χ1n) is 9.84. The molecule has 29 heavy (non-hydrogen) atoms. The summed E-state index contributed by atoms with van der Waals surface area (Å²) in [6, 6.07) is 13.4. The van der Waals surface area contributed by atoms with E-state index in [0.29, 0.717) is 24.5 Å². The lowest BCUT2D eigenvalue weighted by Gasteiger charge is -2.14. The molecule has 0 saturated heterocycles. The summed E-state index contributed by atoms with van der Waals surface area (Å²) in [7, 11) is 8.00. The van der Waals surface area contributed by atoms with Gasteiger partial charge >= 0.3 is 0 Å². The van der Waals surface area contributed by atoms with Crippen LogP contribution >= 0.6 is 0 Å². The van der Waals surface area contributed by atoms with Crippen molar-refractivity contribution in [3.8, 4) is 11.5 Å². The summed E-state index contributed by atoms with van der Waals surface area (Å²) in [5, 5.41) is 0. The molecule has 0 N–H and O–H groups in total. The van der Waals surface area contributed by atoms with Crippen molar-refractivity contribution in [2.45, 2.75) is 6.92 Å². The summed E-state index contributed by atoms with van der Waals surface area (Å²) in [6.07, 6.45) is 3.39. The lowest BCUT2D eigenvalue weighted by molar-refractivity contribution is 0.104. The van der Waals surface area contributed by atoms with Crippen LogP contribution in [0.1, 0.15) is 21.5 Å². The molecule has 0 saturated carbocycles. The zero-order valence-corrected chi connectivity index (χ0v) is 18.1. The van der Waals surface area contributed by atoms with Gasteiger partial charge in [0.05, 0.1) is 5.56 Å². The zero-order chi connectivity index (χ0) is 21.2. The highest BCUT2D eigenvalue weighted by molar-refractivity contribution is 6.08. The highest BCUT2D eigenvalue weighted by atomic mass is 16.5. The lowest BCUT2D eigenvalue weighted by atomic mass is 10.0. The normalized spacial score (nSPS) is 11.4. The average molecular weight is 397 g/mol. The van der Waals surface area contributed by atoms with Gasteiger partial charge in [-0.25, -0.2) is 0 Å². The number of ketones is 1. The first kappa shape index (κ1) is 22.7. The third-order valence-electron chi connectivity index (χ3n) is 4.33. The average Bonchev–Trinajstić information content (AvgIpc) is 2.67. The van der Waals surface area contributed by atoms with E-state index in [0.717, 1.165) is 30.0 Å². The van der Waals surface area contributed by atoms with E-state index in [1.165, 1.54) is 0 Å². The Morgan fingerprint density at radius 3 is 2.17 bits per heavy atom. The quantitative estimate of drug-likeness (QED) is 0.427. The van der Waals surface area contributed by atoms with Gasteiger partial charge in [0.25, 0.3) is 0 Å². The molecule has 2 aromatic carbocycles. The molecule has 0 bridgehead atoms. The molecule has 0 radical (unpaired) electrons. The molecule has 156 valence electrons. The van der Waals surface area contributed by atoms with Gasteiger partial charge in [0, 0.05) is 18.7 Å². The van der Waals surface area contributed by atoms with Crippen molar-refractivity contribution in [1.29, 1.82) is 0 Å². The van der Waals surface area contributed by atoms with E-state index in [1.54, 1.807) is 12.2 Å². The van der Waals surface area contributed by atoms with Gasteiger partial charge in [-0.3, -0.25) is 4.79 Å². The molecule has 0 heterocycles. The monoisotopic (exact) mass is 396 g/mol. The summed E-state index contributed by atoms with van der Waals surface area (Å²) >= 11 is 0. The van der Waals surface area contributed by atoms with E-state index < -0.39 is 0 Å². The number of nitrogens with zero attached hydrogens (tertiary/aromatic N) is 2. The van der Waals surface area contributed by atoms with Crippen LogP contribution in [0.4, 0.5) is 0 Å².